The van der Waals surface area contributed by atoms with E-state index in [4.69, 9.17) is 4.42 Å². The molecule has 4 heteroatoms. The molecule has 1 saturated heterocycles. The summed E-state index contributed by atoms with van der Waals surface area (Å²) in [4.78, 5) is 13.9. The van der Waals surface area contributed by atoms with Crippen LogP contribution in [0.2, 0.25) is 0 Å². The zero-order valence-electron chi connectivity index (χ0n) is 9.77. The van der Waals surface area contributed by atoms with Gasteiger partial charge in [-0.15, -0.1) is 0 Å². The van der Waals surface area contributed by atoms with E-state index < -0.39 is 0 Å². The van der Waals surface area contributed by atoms with Crippen LogP contribution in [0.4, 0.5) is 0 Å². The van der Waals surface area contributed by atoms with E-state index in [1.54, 1.807) is 6.26 Å². The minimum atomic E-state index is -0.0486. The maximum atomic E-state index is 11.9. The first-order valence-electron chi connectivity index (χ1n) is 5.74. The lowest BCUT2D eigenvalue weighted by molar-refractivity contribution is -0.130. The molecule has 1 atom stereocenters. The fraction of sp³-hybridized carbons (Fsp3) is 0.583. The fourth-order valence-corrected chi connectivity index (χ4v) is 2.04. The maximum absolute atomic E-state index is 11.9. The van der Waals surface area contributed by atoms with Gasteiger partial charge in [0.25, 0.3) is 0 Å². The van der Waals surface area contributed by atoms with Gasteiger partial charge in [0, 0.05) is 12.6 Å². The highest BCUT2D eigenvalue weighted by atomic mass is 16.3. The topological polar surface area (TPSA) is 45.5 Å². The molecule has 1 N–H and O–H groups in total. The number of nitrogens with one attached hydrogen (secondary N) is 1. The van der Waals surface area contributed by atoms with E-state index in [0.717, 1.165) is 18.7 Å². The van der Waals surface area contributed by atoms with Crippen molar-refractivity contribution in [1.82, 2.24) is 10.2 Å². The van der Waals surface area contributed by atoms with Crippen molar-refractivity contribution in [2.45, 2.75) is 38.9 Å². The van der Waals surface area contributed by atoms with Gasteiger partial charge in [-0.2, -0.15) is 0 Å². The summed E-state index contributed by atoms with van der Waals surface area (Å²) in [6.45, 7) is 5.57. The monoisotopic (exact) mass is 222 g/mol. The first kappa shape index (κ1) is 11.2. The largest absolute Gasteiger partial charge is 0.468 e. The third-order valence-corrected chi connectivity index (χ3v) is 2.97. The SMILES string of the molecule is CC(C)N1CCC(NCc2ccco2)C1=O. The van der Waals surface area contributed by atoms with E-state index in [9.17, 15) is 4.79 Å². The Morgan fingerprint density at radius 1 is 1.62 bits per heavy atom. The molecule has 1 aliphatic rings. The van der Waals surface area contributed by atoms with Gasteiger partial charge in [0.15, 0.2) is 0 Å². The zero-order valence-corrected chi connectivity index (χ0v) is 9.77. The van der Waals surface area contributed by atoms with Crippen molar-refractivity contribution in [1.29, 1.82) is 0 Å². The lowest BCUT2D eigenvalue weighted by Gasteiger charge is -2.21. The third kappa shape index (κ3) is 2.27. The second-order valence-corrected chi connectivity index (χ2v) is 4.43. The zero-order chi connectivity index (χ0) is 11.5. The van der Waals surface area contributed by atoms with E-state index in [1.807, 2.05) is 30.9 Å². The lowest BCUT2D eigenvalue weighted by Crippen LogP contribution is -2.40. The molecule has 1 aromatic rings. The van der Waals surface area contributed by atoms with Crippen molar-refractivity contribution in [2.24, 2.45) is 0 Å². The molecule has 1 unspecified atom stereocenters. The van der Waals surface area contributed by atoms with Crippen LogP contribution < -0.4 is 5.32 Å². The quantitative estimate of drug-likeness (QED) is 0.837. The Bertz CT molecular complexity index is 346. The molecule has 16 heavy (non-hydrogen) atoms. The Balaban J connectivity index is 1.86. The summed E-state index contributed by atoms with van der Waals surface area (Å²) in [5.41, 5.74) is 0. The Kier molecular flexibility index (Phi) is 3.29. The summed E-state index contributed by atoms with van der Waals surface area (Å²) in [6, 6.07) is 4.01. The summed E-state index contributed by atoms with van der Waals surface area (Å²) in [5.74, 6) is 1.08. The highest BCUT2D eigenvalue weighted by Crippen LogP contribution is 2.14. The maximum Gasteiger partial charge on any atom is 0.240 e. The van der Waals surface area contributed by atoms with Crippen LogP contribution in [-0.2, 0) is 11.3 Å². The van der Waals surface area contributed by atoms with Crippen LogP contribution in [0.1, 0.15) is 26.0 Å². The average Bonchev–Trinajstić information content (AvgIpc) is 2.84. The van der Waals surface area contributed by atoms with Gasteiger partial charge in [0.1, 0.15) is 5.76 Å². The fourth-order valence-electron chi connectivity index (χ4n) is 2.04. The van der Waals surface area contributed by atoms with Crippen molar-refractivity contribution >= 4 is 5.91 Å². The molecule has 0 spiro atoms. The standard InChI is InChI=1S/C12H18N2O2/c1-9(2)14-6-5-11(12(14)15)13-8-10-4-3-7-16-10/h3-4,7,9,11,13H,5-6,8H2,1-2H3. The van der Waals surface area contributed by atoms with Gasteiger partial charge in [-0.1, -0.05) is 0 Å². The molecular formula is C12H18N2O2. The molecule has 88 valence electrons. The minimum absolute atomic E-state index is 0.0486. The normalized spacial score (nSPS) is 21.1. The molecule has 4 nitrogen and oxygen atoms in total. The van der Waals surface area contributed by atoms with Gasteiger partial charge >= 0.3 is 0 Å². The van der Waals surface area contributed by atoms with Crippen LogP contribution in [0.5, 0.6) is 0 Å². The summed E-state index contributed by atoms with van der Waals surface area (Å²) in [7, 11) is 0. The molecule has 0 aliphatic carbocycles. The minimum Gasteiger partial charge on any atom is -0.468 e. The Hall–Kier alpha value is -1.29. The van der Waals surface area contributed by atoms with Gasteiger partial charge in [0.05, 0.1) is 18.8 Å². The number of carbonyl (C=O) groups is 1. The molecule has 0 saturated carbocycles. The summed E-state index contributed by atoms with van der Waals surface area (Å²) in [5, 5.41) is 3.23. The Morgan fingerprint density at radius 3 is 3.00 bits per heavy atom. The Morgan fingerprint density at radius 2 is 2.44 bits per heavy atom. The van der Waals surface area contributed by atoms with Crippen molar-refractivity contribution in [3.05, 3.63) is 24.2 Å². The number of hydrogen-bond acceptors (Lipinski definition) is 3. The summed E-state index contributed by atoms with van der Waals surface area (Å²) < 4.78 is 5.22. The van der Waals surface area contributed by atoms with Gasteiger partial charge in [-0.05, 0) is 32.4 Å². The smallest absolute Gasteiger partial charge is 0.240 e. The second-order valence-electron chi connectivity index (χ2n) is 4.43. The van der Waals surface area contributed by atoms with Crippen LogP contribution >= 0.6 is 0 Å². The van der Waals surface area contributed by atoms with E-state index in [-0.39, 0.29) is 11.9 Å². The van der Waals surface area contributed by atoms with Gasteiger partial charge < -0.3 is 9.32 Å². The number of nitrogens with zero attached hydrogens (tertiary/aromatic N) is 1. The second kappa shape index (κ2) is 4.70. The predicted molar refractivity (Wildman–Crippen MR) is 60.8 cm³/mol. The van der Waals surface area contributed by atoms with E-state index in [2.05, 4.69) is 5.32 Å². The predicted octanol–water partition coefficient (Wildman–Crippen LogP) is 1.38. The molecule has 0 aromatic carbocycles. The van der Waals surface area contributed by atoms with E-state index >= 15 is 0 Å². The molecule has 1 aromatic heterocycles. The Labute approximate surface area is 95.6 Å². The van der Waals surface area contributed by atoms with Gasteiger partial charge in [-0.25, -0.2) is 0 Å². The summed E-state index contributed by atoms with van der Waals surface area (Å²) in [6.07, 6.45) is 2.53. The van der Waals surface area contributed by atoms with Crippen LogP contribution in [-0.4, -0.2) is 29.4 Å². The van der Waals surface area contributed by atoms with E-state index in [0.29, 0.717) is 12.6 Å². The molecule has 2 rings (SSSR count). The first-order valence-corrected chi connectivity index (χ1v) is 5.74. The summed E-state index contributed by atoms with van der Waals surface area (Å²) >= 11 is 0. The number of furan rings is 1. The lowest BCUT2D eigenvalue weighted by atomic mass is 10.2. The average molecular weight is 222 g/mol. The third-order valence-electron chi connectivity index (χ3n) is 2.97. The van der Waals surface area contributed by atoms with Crippen LogP contribution in [0.25, 0.3) is 0 Å². The van der Waals surface area contributed by atoms with Crippen molar-refractivity contribution in [2.75, 3.05) is 6.54 Å². The molecule has 0 radical (unpaired) electrons. The molecule has 1 fully saturated rings. The number of carbonyl (C=O) groups excluding carboxylic acids is 1. The molecule has 1 amide bonds. The molecule has 1 aliphatic heterocycles. The number of rotatable bonds is 4. The van der Waals surface area contributed by atoms with Crippen LogP contribution in [0.3, 0.4) is 0 Å². The molecule has 2 heterocycles. The van der Waals surface area contributed by atoms with Crippen molar-refractivity contribution in [3.63, 3.8) is 0 Å². The number of amides is 1. The number of hydrogen-bond donors (Lipinski definition) is 1. The van der Waals surface area contributed by atoms with Crippen molar-refractivity contribution < 1.29 is 9.21 Å². The number of likely N-dealkylation sites (tertiary alicyclic amines) is 1. The van der Waals surface area contributed by atoms with Crippen LogP contribution in [0, 0.1) is 0 Å². The van der Waals surface area contributed by atoms with Gasteiger partial charge in [0.2, 0.25) is 5.91 Å². The highest BCUT2D eigenvalue weighted by Gasteiger charge is 2.32. The highest BCUT2D eigenvalue weighted by molar-refractivity contribution is 5.84. The first-order chi connectivity index (χ1) is 7.68. The van der Waals surface area contributed by atoms with Crippen molar-refractivity contribution in [3.8, 4) is 0 Å². The molecular weight excluding hydrogens is 204 g/mol. The van der Waals surface area contributed by atoms with Gasteiger partial charge in [-0.3, -0.25) is 10.1 Å². The van der Waals surface area contributed by atoms with E-state index in [1.165, 1.54) is 0 Å². The van der Waals surface area contributed by atoms with Crippen LogP contribution in [0.15, 0.2) is 22.8 Å². The molecule has 0 bridgehead atoms.